The summed E-state index contributed by atoms with van der Waals surface area (Å²) in [6, 6.07) is 0. The van der Waals surface area contributed by atoms with Crippen LogP contribution in [0.5, 0.6) is 0 Å². The van der Waals surface area contributed by atoms with Crippen molar-refractivity contribution < 1.29 is 8.42 Å². The van der Waals surface area contributed by atoms with Crippen LogP contribution in [0.4, 0.5) is 0 Å². The molecule has 1 saturated carbocycles. The predicted molar refractivity (Wildman–Crippen MR) is 54.5 cm³/mol. The number of nitrogens with zero attached hydrogens (tertiary/aromatic N) is 1. The number of rotatable bonds is 6. The molecule has 1 rings (SSSR count). The molecule has 0 aliphatic heterocycles. The molecule has 0 unspecified atom stereocenters. The van der Waals surface area contributed by atoms with Crippen molar-refractivity contribution in [3.8, 4) is 0 Å². The van der Waals surface area contributed by atoms with Crippen molar-refractivity contribution in [2.24, 2.45) is 0 Å². The largest absolute Gasteiger partial charge is 0.217 e. The molecule has 0 bridgehead atoms. The molecule has 1 aliphatic carbocycles. The monoisotopic (exact) mass is 225 g/mol. The Morgan fingerprint density at radius 3 is 2.38 bits per heavy atom. The van der Waals surface area contributed by atoms with Crippen molar-refractivity contribution in [1.29, 1.82) is 0 Å². The van der Waals surface area contributed by atoms with E-state index in [-0.39, 0.29) is 5.25 Å². The highest BCUT2D eigenvalue weighted by molar-refractivity contribution is 7.90. The van der Waals surface area contributed by atoms with Crippen LogP contribution in [0.25, 0.3) is 0 Å². The fourth-order valence-corrected chi connectivity index (χ4v) is 3.53. The van der Waals surface area contributed by atoms with Crippen LogP contribution in [0.15, 0.2) is 0 Å². The van der Waals surface area contributed by atoms with E-state index in [9.17, 15) is 8.42 Å². The van der Waals surface area contributed by atoms with Crippen LogP contribution in [0.1, 0.15) is 26.2 Å². The second-order valence-corrected chi connectivity index (χ2v) is 5.92. The van der Waals surface area contributed by atoms with E-state index < -0.39 is 10.0 Å². The molecule has 0 atom stereocenters. The van der Waals surface area contributed by atoms with Gasteiger partial charge in [0.05, 0.1) is 5.25 Å². The Labute approximate surface area is 85.1 Å². The molecule has 0 heterocycles. The SMILES string of the molecule is CCCN(CCCl)S(=O)(=O)C1CC1. The molecule has 78 valence electrons. The summed E-state index contributed by atoms with van der Waals surface area (Å²) in [6.07, 6.45) is 2.50. The standard InChI is InChI=1S/C8H16ClNO2S/c1-2-6-10(7-5-9)13(11,12)8-3-4-8/h8H,2-7H2,1H3. The molecule has 0 aromatic rings. The van der Waals surface area contributed by atoms with E-state index in [1.165, 1.54) is 4.31 Å². The molecular formula is C8H16ClNO2S. The van der Waals surface area contributed by atoms with Crippen molar-refractivity contribution in [2.75, 3.05) is 19.0 Å². The molecule has 0 amide bonds. The zero-order chi connectivity index (χ0) is 9.90. The van der Waals surface area contributed by atoms with Gasteiger partial charge in [-0.25, -0.2) is 12.7 Å². The Hall–Kier alpha value is 0.200. The van der Waals surface area contributed by atoms with E-state index in [1.54, 1.807) is 0 Å². The molecule has 5 heteroatoms. The maximum absolute atomic E-state index is 11.7. The third-order valence-electron chi connectivity index (χ3n) is 2.11. The summed E-state index contributed by atoms with van der Waals surface area (Å²) in [5.41, 5.74) is 0. The van der Waals surface area contributed by atoms with E-state index >= 15 is 0 Å². The number of alkyl halides is 1. The lowest BCUT2D eigenvalue weighted by molar-refractivity contribution is 0.427. The van der Waals surface area contributed by atoms with Gasteiger partial charge in [0.15, 0.2) is 0 Å². The summed E-state index contributed by atoms with van der Waals surface area (Å²) in [5.74, 6) is 0.381. The van der Waals surface area contributed by atoms with E-state index in [2.05, 4.69) is 0 Å². The maximum atomic E-state index is 11.7. The minimum atomic E-state index is -3.00. The van der Waals surface area contributed by atoms with Crippen LogP contribution in [0.2, 0.25) is 0 Å². The second kappa shape index (κ2) is 4.62. The normalized spacial score (nSPS) is 18.1. The van der Waals surface area contributed by atoms with E-state index in [4.69, 9.17) is 11.6 Å². The average molecular weight is 226 g/mol. The summed E-state index contributed by atoms with van der Waals surface area (Å²) in [6.45, 7) is 3.03. The lowest BCUT2D eigenvalue weighted by atomic mass is 10.5. The van der Waals surface area contributed by atoms with E-state index in [1.807, 2.05) is 6.92 Å². The van der Waals surface area contributed by atoms with Crippen LogP contribution in [0, 0.1) is 0 Å². The fraction of sp³-hybridized carbons (Fsp3) is 1.00. The number of hydrogen-bond acceptors (Lipinski definition) is 2. The molecule has 0 radical (unpaired) electrons. The Bertz CT molecular complexity index is 243. The lowest BCUT2D eigenvalue weighted by Crippen LogP contribution is -2.35. The minimum Gasteiger partial charge on any atom is -0.212 e. The first kappa shape index (κ1) is 11.3. The maximum Gasteiger partial charge on any atom is 0.217 e. The van der Waals surface area contributed by atoms with Gasteiger partial charge in [0.1, 0.15) is 0 Å². The van der Waals surface area contributed by atoms with E-state index in [0.717, 1.165) is 19.3 Å². The van der Waals surface area contributed by atoms with Gasteiger partial charge in [-0.05, 0) is 19.3 Å². The Morgan fingerprint density at radius 2 is 2.00 bits per heavy atom. The van der Waals surface area contributed by atoms with Crippen LogP contribution < -0.4 is 0 Å². The quantitative estimate of drug-likeness (QED) is 0.642. The van der Waals surface area contributed by atoms with Crippen molar-refractivity contribution in [3.63, 3.8) is 0 Å². The second-order valence-electron chi connectivity index (χ2n) is 3.33. The molecule has 1 aliphatic rings. The molecule has 3 nitrogen and oxygen atoms in total. The average Bonchev–Trinajstić information content (AvgIpc) is 2.86. The molecule has 1 fully saturated rings. The highest BCUT2D eigenvalue weighted by Gasteiger charge is 2.39. The van der Waals surface area contributed by atoms with Gasteiger partial charge in [-0.3, -0.25) is 0 Å². The minimum absolute atomic E-state index is 0.109. The zero-order valence-electron chi connectivity index (χ0n) is 7.87. The summed E-state index contributed by atoms with van der Waals surface area (Å²) in [5, 5.41) is -0.109. The third-order valence-corrected chi connectivity index (χ3v) is 4.68. The molecule has 0 spiro atoms. The lowest BCUT2D eigenvalue weighted by Gasteiger charge is -2.19. The van der Waals surface area contributed by atoms with Gasteiger partial charge in [-0.1, -0.05) is 6.92 Å². The number of hydrogen-bond donors (Lipinski definition) is 0. The van der Waals surface area contributed by atoms with Gasteiger partial charge in [0.2, 0.25) is 10.0 Å². The molecule has 0 aromatic heterocycles. The van der Waals surface area contributed by atoms with Crippen LogP contribution in [-0.4, -0.2) is 36.9 Å². The van der Waals surface area contributed by atoms with Crippen LogP contribution in [-0.2, 0) is 10.0 Å². The summed E-state index contributed by atoms with van der Waals surface area (Å²) >= 11 is 5.56. The first-order valence-corrected chi connectivity index (χ1v) is 6.71. The molecule has 13 heavy (non-hydrogen) atoms. The van der Waals surface area contributed by atoms with Gasteiger partial charge in [-0.15, -0.1) is 11.6 Å². The first-order valence-electron chi connectivity index (χ1n) is 4.67. The first-order chi connectivity index (χ1) is 6.12. The Kier molecular flexibility index (Phi) is 4.01. The predicted octanol–water partition coefficient (Wildman–Crippen LogP) is 1.43. The third kappa shape index (κ3) is 2.82. The van der Waals surface area contributed by atoms with Crippen molar-refractivity contribution >= 4 is 21.6 Å². The van der Waals surface area contributed by atoms with Gasteiger partial charge < -0.3 is 0 Å². The number of halogens is 1. The molecular weight excluding hydrogens is 210 g/mol. The van der Waals surface area contributed by atoms with Crippen molar-refractivity contribution in [1.82, 2.24) is 4.31 Å². The smallest absolute Gasteiger partial charge is 0.212 e. The molecule has 0 saturated heterocycles. The topological polar surface area (TPSA) is 37.4 Å². The summed E-state index contributed by atoms with van der Waals surface area (Å²) in [7, 11) is -3.00. The molecule has 0 N–H and O–H groups in total. The van der Waals surface area contributed by atoms with Crippen molar-refractivity contribution in [3.05, 3.63) is 0 Å². The Morgan fingerprint density at radius 1 is 1.38 bits per heavy atom. The number of sulfonamides is 1. The van der Waals surface area contributed by atoms with Gasteiger partial charge in [0, 0.05) is 19.0 Å². The van der Waals surface area contributed by atoms with Gasteiger partial charge >= 0.3 is 0 Å². The Balaban J connectivity index is 2.61. The highest BCUT2D eigenvalue weighted by atomic mass is 35.5. The summed E-state index contributed by atoms with van der Waals surface area (Å²) in [4.78, 5) is 0. The van der Waals surface area contributed by atoms with Crippen LogP contribution >= 0.6 is 11.6 Å². The van der Waals surface area contributed by atoms with E-state index in [0.29, 0.717) is 19.0 Å². The van der Waals surface area contributed by atoms with Gasteiger partial charge in [0.25, 0.3) is 0 Å². The molecule has 0 aromatic carbocycles. The zero-order valence-corrected chi connectivity index (χ0v) is 9.44. The highest BCUT2D eigenvalue weighted by Crippen LogP contribution is 2.30. The fourth-order valence-electron chi connectivity index (χ4n) is 1.29. The van der Waals surface area contributed by atoms with Gasteiger partial charge in [-0.2, -0.15) is 0 Å². The van der Waals surface area contributed by atoms with Crippen LogP contribution in [0.3, 0.4) is 0 Å². The van der Waals surface area contributed by atoms with Crippen molar-refractivity contribution in [2.45, 2.75) is 31.4 Å². The summed E-state index contributed by atoms with van der Waals surface area (Å²) < 4.78 is 25.0.